The van der Waals surface area contributed by atoms with Gasteiger partial charge in [-0.05, 0) is 49.4 Å². The number of fused-ring (bicyclic) bond motifs is 1. The number of carbonyl (C=O) groups is 1. The van der Waals surface area contributed by atoms with Gasteiger partial charge in [0.05, 0.1) is 11.6 Å². The largest absolute Gasteiger partial charge is 0.440 e. The zero-order chi connectivity index (χ0) is 17.1. The van der Waals surface area contributed by atoms with E-state index in [4.69, 9.17) is 21.6 Å². The Morgan fingerprint density at radius 1 is 1.38 bits per heavy atom. The zero-order valence-corrected chi connectivity index (χ0v) is 13.6. The van der Waals surface area contributed by atoms with E-state index in [2.05, 4.69) is 16.4 Å². The Hall–Kier alpha value is -2.84. The van der Waals surface area contributed by atoms with E-state index in [1.807, 2.05) is 18.2 Å². The molecule has 1 aliphatic heterocycles. The fourth-order valence-corrected chi connectivity index (χ4v) is 2.28. The molecule has 1 amide bonds. The van der Waals surface area contributed by atoms with Crippen LogP contribution in [0.2, 0.25) is 0 Å². The predicted octanol–water partition coefficient (Wildman–Crippen LogP) is 3.30. The first-order chi connectivity index (χ1) is 11.6. The van der Waals surface area contributed by atoms with E-state index in [0.29, 0.717) is 22.9 Å². The van der Waals surface area contributed by atoms with Gasteiger partial charge in [0.25, 0.3) is 0 Å². The first-order valence-electron chi connectivity index (χ1n) is 7.38. The van der Waals surface area contributed by atoms with Crippen molar-refractivity contribution >= 4 is 29.1 Å². The number of hydrogen-bond acceptors (Lipinski definition) is 4. The first kappa shape index (κ1) is 16.0. The van der Waals surface area contributed by atoms with Crippen molar-refractivity contribution < 1.29 is 9.53 Å². The molecule has 6 heteroatoms. The molecule has 0 aromatic heterocycles. The zero-order valence-electron chi connectivity index (χ0n) is 12.9. The van der Waals surface area contributed by atoms with Gasteiger partial charge in [0, 0.05) is 11.3 Å². The Morgan fingerprint density at radius 3 is 2.79 bits per heavy atom. The molecule has 0 bridgehead atoms. The van der Waals surface area contributed by atoms with Crippen LogP contribution in [0.5, 0.6) is 0 Å². The van der Waals surface area contributed by atoms with Gasteiger partial charge >= 0.3 is 0 Å². The van der Waals surface area contributed by atoms with Crippen LogP contribution in [0.15, 0.2) is 64.9 Å². The number of nitrogens with one attached hydrogen (secondary N) is 1. The van der Waals surface area contributed by atoms with Crippen LogP contribution in [0, 0.1) is 11.3 Å². The highest BCUT2D eigenvalue weighted by Gasteiger charge is 2.25. The average molecular weight is 340 g/mol. The van der Waals surface area contributed by atoms with E-state index in [1.165, 1.54) is 0 Å². The molecule has 1 aromatic carbocycles. The van der Waals surface area contributed by atoms with Gasteiger partial charge in [0.1, 0.15) is 17.2 Å². The Labute approximate surface area is 144 Å². The van der Waals surface area contributed by atoms with Crippen molar-refractivity contribution in [2.75, 3.05) is 5.32 Å². The summed E-state index contributed by atoms with van der Waals surface area (Å²) in [6.07, 6.45) is 7.03. The van der Waals surface area contributed by atoms with Crippen molar-refractivity contribution in [2.45, 2.75) is 18.3 Å². The molecule has 2 atom stereocenters. The van der Waals surface area contributed by atoms with E-state index in [1.54, 1.807) is 37.3 Å². The summed E-state index contributed by atoms with van der Waals surface area (Å²) in [5, 5.41) is 11.0. The third-order valence-electron chi connectivity index (χ3n) is 3.54. The fraction of sp³-hybridized carbons (Fsp3) is 0.167. The number of rotatable bonds is 3. The number of hydrogen-bond donors (Lipinski definition) is 1. The molecular weight excluding hydrogens is 326 g/mol. The quantitative estimate of drug-likeness (QED) is 0.858. The Bertz CT molecular complexity index is 827. The summed E-state index contributed by atoms with van der Waals surface area (Å²) in [4.78, 5) is 16.1. The SMILES string of the molecule is CC(Cl)C(=O)Nc1ccc(C2=NC3C=CC(C#N)=CC=C3O2)cc1. The van der Waals surface area contributed by atoms with Crippen LogP contribution in [-0.2, 0) is 9.53 Å². The van der Waals surface area contributed by atoms with Crippen molar-refractivity contribution in [3.63, 3.8) is 0 Å². The molecule has 2 unspecified atom stereocenters. The van der Waals surface area contributed by atoms with Crippen LogP contribution in [0.4, 0.5) is 5.69 Å². The highest BCUT2D eigenvalue weighted by atomic mass is 35.5. The number of nitriles is 1. The second-order valence-corrected chi connectivity index (χ2v) is 5.98. The van der Waals surface area contributed by atoms with Gasteiger partial charge in [-0.2, -0.15) is 5.26 Å². The summed E-state index contributed by atoms with van der Waals surface area (Å²) in [5.74, 6) is 0.935. The van der Waals surface area contributed by atoms with Crippen molar-refractivity contribution in [2.24, 2.45) is 4.99 Å². The van der Waals surface area contributed by atoms with Gasteiger partial charge < -0.3 is 10.1 Å². The summed E-state index contributed by atoms with van der Waals surface area (Å²) in [6, 6.07) is 9.04. The summed E-state index contributed by atoms with van der Waals surface area (Å²) in [6.45, 7) is 1.62. The Morgan fingerprint density at radius 2 is 2.12 bits per heavy atom. The normalized spacial score (nSPS) is 19.7. The van der Waals surface area contributed by atoms with Crippen LogP contribution >= 0.6 is 11.6 Å². The molecule has 2 aliphatic rings. The van der Waals surface area contributed by atoms with Crippen molar-refractivity contribution in [1.29, 1.82) is 5.26 Å². The third kappa shape index (κ3) is 3.39. The van der Waals surface area contributed by atoms with Gasteiger partial charge in [0.15, 0.2) is 0 Å². The molecule has 0 fully saturated rings. The number of allylic oxidation sites excluding steroid dienone is 4. The van der Waals surface area contributed by atoms with Crippen LogP contribution in [0.3, 0.4) is 0 Å². The lowest BCUT2D eigenvalue weighted by Crippen LogP contribution is -2.20. The van der Waals surface area contributed by atoms with Crippen LogP contribution in [-0.4, -0.2) is 23.2 Å². The molecule has 24 heavy (non-hydrogen) atoms. The summed E-state index contributed by atoms with van der Waals surface area (Å²) in [7, 11) is 0. The third-order valence-corrected chi connectivity index (χ3v) is 3.74. The molecule has 5 nitrogen and oxygen atoms in total. The highest BCUT2D eigenvalue weighted by molar-refractivity contribution is 6.32. The minimum Gasteiger partial charge on any atom is -0.440 e. The van der Waals surface area contributed by atoms with Gasteiger partial charge in [-0.25, -0.2) is 4.99 Å². The van der Waals surface area contributed by atoms with E-state index in [0.717, 1.165) is 5.56 Å². The molecule has 1 aromatic rings. The second-order valence-electron chi connectivity index (χ2n) is 5.33. The predicted molar refractivity (Wildman–Crippen MR) is 92.7 cm³/mol. The van der Waals surface area contributed by atoms with Crippen molar-refractivity contribution in [3.05, 3.63) is 65.5 Å². The standard InChI is InChI=1S/C18H14ClN3O2/c1-11(19)17(23)21-14-6-4-13(5-7-14)18-22-15-8-2-12(10-20)3-9-16(15)24-18/h2-9,11,15H,1H3,(H,21,23). The number of alkyl halides is 1. The Kier molecular flexibility index (Phi) is 4.50. The van der Waals surface area contributed by atoms with E-state index < -0.39 is 5.38 Å². The molecule has 0 spiro atoms. The molecule has 120 valence electrons. The molecule has 0 saturated carbocycles. The van der Waals surface area contributed by atoms with E-state index in [-0.39, 0.29) is 11.9 Å². The average Bonchev–Trinajstić information content (AvgIpc) is 2.89. The lowest BCUT2D eigenvalue weighted by atomic mass is 10.2. The number of aliphatic imine (C=N–C) groups is 1. The maximum absolute atomic E-state index is 11.6. The molecule has 1 N–H and O–H groups in total. The lowest BCUT2D eigenvalue weighted by molar-refractivity contribution is -0.115. The smallest absolute Gasteiger partial charge is 0.242 e. The number of halogens is 1. The molecule has 0 radical (unpaired) electrons. The van der Waals surface area contributed by atoms with E-state index in [9.17, 15) is 4.79 Å². The van der Waals surface area contributed by atoms with Crippen LogP contribution < -0.4 is 5.32 Å². The van der Waals surface area contributed by atoms with Crippen molar-refractivity contribution in [3.8, 4) is 6.07 Å². The lowest BCUT2D eigenvalue weighted by Gasteiger charge is -2.07. The molecule has 1 heterocycles. The maximum atomic E-state index is 11.6. The van der Waals surface area contributed by atoms with Crippen molar-refractivity contribution in [1.82, 2.24) is 0 Å². The minimum atomic E-state index is -0.593. The van der Waals surface area contributed by atoms with Gasteiger partial charge in [0.2, 0.25) is 11.8 Å². The molecular formula is C18H14ClN3O2. The van der Waals surface area contributed by atoms with Gasteiger partial charge in [-0.1, -0.05) is 6.08 Å². The van der Waals surface area contributed by atoms with Crippen LogP contribution in [0.25, 0.3) is 0 Å². The number of ether oxygens (including phenoxy) is 1. The number of carbonyl (C=O) groups excluding carboxylic acids is 1. The summed E-state index contributed by atoms with van der Waals surface area (Å²) in [5.41, 5.74) is 2.02. The number of benzene rings is 1. The highest BCUT2D eigenvalue weighted by Crippen LogP contribution is 2.25. The number of anilines is 1. The summed E-state index contributed by atoms with van der Waals surface area (Å²) >= 11 is 5.73. The number of amides is 1. The topological polar surface area (TPSA) is 74.5 Å². The van der Waals surface area contributed by atoms with Crippen LogP contribution in [0.1, 0.15) is 12.5 Å². The molecule has 1 aliphatic carbocycles. The summed E-state index contributed by atoms with van der Waals surface area (Å²) < 4.78 is 5.78. The minimum absolute atomic E-state index is 0.224. The number of nitrogens with zero attached hydrogens (tertiary/aromatic N) is 2. The molecule has 3 rings (SSSR count). The first-order valence-corrected chi connectivity index (χ1v) is 7.81. The molecule has 0 saturated heterocycles. The van der Waals surface area contributed by atoms with Gasteiger partial charge in [-0.3, -0.25) is 4.79 Å². The second kappa shape index (κ2) is 6.73. The van der Waals surface area contributed by atoms with E-state index >= 15 is 0 Å². The monoisotopic (exact) mass is 339 g/mol. The Balaban J connectivity index is 1.74. The fourth-order valence-electron chi connectivity index (χ4n) is 2.23. The maximum Gasteiger partial charge on any atom is 0.242 e. The van der Waals surface area contributed by atoms with Gasteiger partial charge in [-0.15, -0.1) is 11.6 Å².